The van der Waals surface area contributed by atoms with Crippen LogP contribution in [0.2, 0.25) is 0 Å². The molecule has 0 bridgehead atoms. The number of aromatic nitrogens is 2. The molecule has 1 aromatic carbocycles. The molecule has 0 radical (unpaired) electrons. The minimum Gasteiger partial charge on any atom is -0.314 e. The third kappa shape index (κ3) is 3.19. The largest absolute Gasteiger partial charge is 0.314 e. The highest BCUT2D eigenvalue weighted by atomic mass is 35.5. The second-order valence-corrected chi connectivity index (χ2v) is 6.25. The number of hydrogen-bond acceptors (Lipinski definition) is 3. The summed E-state index contributed by atoms with van der Waals surface area (Å²) < 4.78 is 1.90. The zero-order chi connectivity index (χ0) is 14.1. The first-order chi connectivity index (χ1) is 10.4. The molecule has 3 heterocycles. The van der Waals surface area contributed by atoms with Crippen molar-refractivity contribution < 1.29 is 0 Å². The molecule has 0 spiro atoms. The zero-order valence-electron chi connectivity index (χ0n) is 12.7. The summed E-state index contributed by atoms with van der Waals surface area (Å²) in [7, 11) is 0. The van der Waals surface area contributed by atoms with Gasteiger partial charge in [0.25, 0.3) is 0 Å². The van der Waals surface area contributed by atoms with E-state index in [9.17, 15) is 0 Å². The summed E-state index contributed by atoms with van der Waals surface area (Å²) in [6.07, 6.45) is 6.44. The van der Waals surface area contributed by atoms with E-state index in [0.717, 1.165) is 24.2 Å². The van der Waals surface area contributed by atoms with Crippen molar-refractivity contribution in [2.24, 2.45) is 5.92 Å². The number of nitrogens with one attached hydrogen (secondary N) is 1. The van der Waals surface area contributed by atoms with Crippen molar-refractivity contribution in [3.63, 3.8) is 0 Å². The van der Waals surface area contributed by atoms with E-state index in [0.29, 0.717) is 0 Å². The Bertz CT molecular complexity index is 581. The van der Waals surface area contributed by atoms with Crippen molar-refractivity contribution in [3.05, 3.63) is 48.3 Å². The maximum atomic E-state index is 4.27. The van der Waals surface area contributed by atoms with Gasteiger partial charge in [0.15, 0.2) is 0 Å². The average molecular weight is 319 g/mol. The molecule has 0 aliphatic carbocycles. The second-order valence-electron chi connectivity index (χ2n) is 6.25. The highest BCUT2D eigenvalue weighted by molar-refractivity contribution is 5.85. The van der Waals surface area contributed by atoms with E-state index < -0.39 is 0 Å². The lowest BCUT2D eigenvalue weighted by Crippen LogP contribution is -2.43. The predicted octanol–water partition coefficient (Wildman–Crippen LogP) is 2.48. The summed E-state index contributed by atoms with van der Waals surface area (Å²) in [6, 6.07) is 11.5. The molecular formula is C17H23ClN4. The third-order valence-electron chi connectivity index (χ3n) is 4.85. The van der Waals surface area contributed by atoms with Crippen LogP contribution in [0, 0.1) is 5.92 Å². The van der Waals surface area contributed by atoms with Crippen LogP contribution < -0.4 is 5.32 Å². The quantitative estimate of drug-likeness (QED) is 0.944. The molecule has 0 saturated carbocycles. The predicted molar refractivity (Wildman–Crippen MR) is 90.6 cm³/mol. The SMILES string of the molecule is Cl.c1cnn(-c2ccc(CN3CCC4NCCC4C3)cc2)c1. The van der Waals surface area contributed by atoms with Gasteiger partial charge in [-0.1, -0.05) is 12.1 Å². The van der Waals surface area contributed by atoms with Gasteiger partial charge in [-0.05, 0) is 55.6 Å². The van der Waals surface area contributed by atoms with Crippen LogP contribution in [-0.2, 0) is 6.54 Å². The molecule has 2 aliphatic rings. The van der Waals surface area contributed by atoms with Gasteiger partial charge < -0.3 is 5.32 Å². The van der Waals surface area contributed by atoms with Crippen LogP contribution in [0.1, 0.15) is 18.4 Å². The molecule has 1 aromatic heterocycles. The van der Waals surface area contributed by atoms with Crippen LogP contribution in [0.4, 0.5) is 0 Å². The van der Waals surface area contributed by atoms with Gasteiger partial charge in [-0.25, -0.2) is 4.68 Å². The van der Waals surface area contributed by atoms with E-state index in [1.807, 2.05) is 23.1 Å². The first-order valence-electron chi connectivity index (χ1n) is 7.93. The Morgan fingerprint density at radius 3 is 2.82 bits per heavy atom. The Labute approximate surface area is 137 Å². The molecule has 4 rings (SSSR count). The van der Waals surface area contributed by atoms with Gasteiger partial charge in [0.1, 0.15) is 0 Å². The topological polar surface area (TPSA) is 33.1 Å². The number of likely N-dealkylation sites (tertiary alicyclic amines) is 1. The van der Waals surface area contributed by atoms with Gasteiger partial charge in [-0.3, -0.25) is 4.90 Å². The number of piperidine rings is 1. The molecule has 5 heteroatoms. The van der Waals surface area contributed by atoms with E-state index in [2.05, 4.69) is 39.6 Å². The first kappa shape index (κ1) is 15.5. The summed E-state index contributed by atoms with van der Waals surface area (Å²) in [4.78, 5) is 2.61. The Hall–Kier alpha value is -1.36. The van der Waals surface area contributed by atoms with Gasteiger partial charge in [-0.15, -0.1) is 12.4 Å². The Morgan fingerprint density at radius 2 is 2.05 bits per heavy atom. The molecule has 2 unspecified atom stereocenters. The van der Waals surface area contributed by atoms with Crippen LogP contribution in [0.3, 0.4) is 0 Å². The minimum absolute atomic E-state index is 0. The highest BCUT2D eigenvalue weighted by Gasteiger charge is 2.32. The molecule has 2 aromatic rings. The molecule has 0 amide bonds. The first-order valence-corrected chi connectivity index (χ1v) is 7.93. The van der Waals surface area contributed by atoms with Gasteiger partial charge in [0.2, 0.25) is 0 Å². The van der Waals surface area contributed by atoms with Crippen molar-refractivity contribution >= 4 is 12.4 Å². The Morgan fingerprint density at radius 1 is 1.18 bits per heavy atom. The fraction of sp³-hybridized carbons (Fsp3) is 0.471. The smallest absolute Gasteiger partial charge is 0.0645 e. The maximum absolute atomic E-state index is 4.27. The van der Waals surface area contributed by atoms with Crippen LogP contribution in [-0.4, -0.2) is 40.4 Å². The Kier molecular flexibility index (Phi) is 4.81. The van der Waals surface area contributed by atoms with Crippen molar-refractivity contribution in [1.29, 1.82) is 0 Å². The summed E-state index contributed by atoms with van der Waals surface area (Å²) in [5.74, 6) is 0.863. The fourth-order valence-electron chi connectivity index (χ4n) is 3.70. The van der Waals surface area contributed by atoms with Crippen LogP contribution >= 0.6 is 12.4 Å². The van der Waals surface area contributed by atoms with E-state index >= 15 is 0 Å². The minimum atomic E-state index is 0. The number of nitrogens with zero attached hydrogens (tertiary/aromatic N) is 3. The monoisotopic (exact) mass is 318 g/mol. The summed E-state index contributed by atoms with van der Waals surface area (Å²) in [5, 5.41) is 7.90. The van der Waals surface area contributed by atoms with Crippen LogP contribution in [0.25, 0.3) is 5.69 Å². The average Bonchev–Trinajstić information content (AvgIpc) is 3.19. The van der Waals surface area contributed by atoms with Crippen molar-refractivity contribution in [2.45, 2.75) is 25.4 Å². The third-order valence-corrected chi connectivity index (χ3v) is 4.85. The summed E-state index contributed by atoms with van der Waals surface area (Å²) in [6.45, 7) is 4.75. The number of fused-ring (bicyclic) bond motifs is 1. The molecular weight excluding hydrogens is 296 g/mol. The fourth-order valence-corrected chi connectivity index (χ4v) is 3.70. The lowest BCUT2D eigenvalue weighted by molar-refractivity contribution is 0.156. The van der Waals surface area contributed by atoms with Crippen molar-refractivity contribution in [3.8, 4) is 5.69 Å². The molecule has 22 heavy (non-hydrogen) atoms. The summed E-state index contributed by atoms with van der Waals surface area (Å²) in [5.41, 5.74) is 2.53. The molecule has 118 valence electrons. The van der Waals surface area contributed by atoms with E-state index in [4.69, 9.17) is 0 Å². The van der Waals surface area contributed by atoms with Gasteiger partial charge >= 0.3 is 0 Å². The van der Waals surface area contributed by atoms with E-state index in [-0.39, 0.29) is 12.4 Å². The second kappa shape index (κ2) is 6.82. The number of benzene rings is 1. The Balaban J connectivity index is 0.00000144. The molecule has 4 nitrogen and oxygen atoms in total. The van der Waals surface area contributed by atoms with E-state index in [1.165, 1.54) is 38.0 Å². The standard InChI is InChI=1S/C17H22N4.ClH/c1-8-19-21(10-1)16-4-2-14(3-5-16)12-20-11-7-17-15(13-20)6-9-18-17;/h1-5,8,10,15,17-18H,6-7,9,11-13H2;1H. The van der Waals surface area contributed by atoms with E-state index in [1.54, 1.807) is 0 Å². The number of halogens is 1. The molecule has 2 atom stereocenters. The number of hydrogen-bond donors (Lipinski definition) is 1. The normalized spacial score (nSPS) is 24.7. The van der Waals surface area contributed by atoms with Gasteiger partial charge in [0, 0.05) is 31.5 Å². The van der Waals surface area contributed by atoms with Crippen LogP contribution in [0.5, 0.6) is 0 Å². The molecule has 2 aliphatic heterocycles. The number of rotatable bonds is 3. The summed E-state index contributed by atoms with van der Waals surface area (Å²) >= 11 is 0. The zero-order valence-corrected chi connectivity index (χ0v) is 13.5. The van der Waals surface area contributed by atoms with Crippen molar-refractivity contribution in [1.82, 2.24) is 20.0 Å². The highest BCUT2D eigenvalue weighted by Crippen LogP contribution is 2.25. The van der Waals surface area contributed by atoms with Crippen LogP contribution in [0.15, 0.2) is 42.7 Å². The molecule has 2 saturated heterocycles. The van der Waals surface area contributed by atoms with Gasteiger partial charge in [-0.2, -0.15) is 5.10 Å². The molecule has 1 N–H and O–H groups in total. The van der Waals surface area contributed by atoms with Crippen molar-refractivity contribution in [2.75, 3.05) is 19.6 Å². The lowest BCUT2D eigenvalue weighted by Gasteiger charge is -2.34. The lowest BCUT2D eigenvalue weighted by atomic mass is 9.93. The molecule has 2 fully saturated rings. The van der Waals surface area contributed by atoms with Gasteiger partial charge in [0.05, 0.1) is 5.69 Å². The maximum Gasteiger partial charge on any atom is 0.0645 e.